The van der Waals surface area contributed by atoms with E-state index >= 15 is 0 Å². The number of carbonyl (C=O) groups excluding carboxylic acids is 2. The van der Waals surface area contributed by atoms with Gasteiger partial charge in [-0.3, -0.25) is 9.59 Å². The van der Waals surface area contributed by atoms with Gasteiger partial charge in [0.25, 0.3) is 0 Å². The lowest BCUT2D eigenvalue weighted by atomic mass is 10.1. The summed E-state index contributed by atoms with van der Waals surface area (Å²) in [6.07, 6.45) is 0.103. The first-order chi connectivity index (χ1) is 13.6. The lowest BCUT2D eigenvalue weighted by Crippen LogP contribution is -2.52. The molecule has 6 heteroatoms. The van der Waals surface area contributed by atoms with E-state index < -0.39 is 17.4 Å². The molecule has 0 aromatic heterocycles. The minimum atomic E-state index is -0.750. The topological polar surface area (TPSA) is 58.6 Å². The molecule has 2 rings (SSSR count). The highest BCUT2D eigenvalue weighted by Gasteiger charge is 2.29. The summed E-state index contributed by atoms with van der Waals surface area (Å²) in [6.45, 7) is 7.29. The second-order valence-electron chi connectivity index (χ2n) is 8.05. The summed E-state index contributed by atoms with van der Waals surface area (Å²) in [6, 6.07) is 12.7. The van der Waals surface area contributed by atoms with Gasteiger partial charge in [-0.1, -0.05) is 30.3 Å². The second kappa shape index (κ2) is 9.54. The molecule has 0 saturated carbocycles. The number of benzene rings is 2. The number of nitrogens with zero attached hydrogens (tertiary/aromatic N) is 1. The van der Waals surface area contributed by atoms with E-state index in [2.05, 4.69) is 5.32 Å². The van der Waals surface area contributed by atoms with Crippen LogP contribution in [-0.4, -0.2) is 35.4 Å². The van der Waals surface area contributed by atoms with E-state index in [0.29, 0.717) is 11.3 Å². The molecular formula is C23H29FN2O3. The molecule has 2 aromatic carbocycles. The summed E-state index contributed by atoms with van der Waals surface area (Å²) in [5.74, 6) is -0.243. The van der Waals surface area contributed by atoms with Crippen LogP contribution in [0.5, 0.6) is 5.75 Å². The SMILES string of the molecule is COc1ccc(CC(=O)N(Cc2ccccc2F)C(C)C(=O)NC(C)(C)C)cc1. The highest BCUT2D eigenvalue weighted by molar-refractivity contribution is 5.88. The van der Waals surface area contributed by atoms with E-state index in [-0.39, 0.29) is 24.8 Å². The van der Waals surface area contributed by atoms with Crippen LogP contribution >= 0.6 is 0 Å². The van der Waals surface area contributed by atoms with Crippen molar-refractivity contribution in [3.8, 4) is 5.75 Å². The fraction of sp³-hybridized carbons (Fsp3) is 0.391. The smallest absolute Gasteiger partial charge is 0.242 e. The molecule has 0 saturated heterocycles. The van der Waals surface area contributed by atoms with Crippen LogP contribution in [0.15, 0.2) is 48.5 Å². The standard InChI is InChI=1S/C23H29FN2O3/c1-16(22(28)25-23(2,3)4)26(15-18-8-6-7-9-20(18)24)21(27)14-17-10-12-19(29-5)13-11-17/h6-13,16H,14-15H2,1-5H3,(H,25,28). The minimum absolute atomic E-state index is 0.0143. The van der Waals surface area contributed by atoms with Gasteiger partial charge in [-0.05, 0) is 51.5 Å². The zero-order valence-corrected chi connectivity index (χ0v) is 17.7. The average Bonchev–Trinajstić information content (AvgIpc) is 2.66. The molecule has 156 valence electrons. The van der Waals surface area contributed by atoms with Gasteiger partial charge in [0.1, 0.15) is 17.6 Å². The van der Waals surface area contributed by atoms with Crippen molar-refractivity contribution in [3.63, 3.8) is 0 Å². The van der Waals surface area contributed by atoms with Crippen LogP contribution in [0.2, 0.25) is 0 Å². The van der Waals surface area contributed by atoms with Crippen LogP contribution < -0.4 is 10.1 Å². The van der Waals surface area contributed by atoms with Gasteiger partial charge in [-0.25, -0.2) is 4.39 Å². The summed E-state index contributed by atoms with van der Waals surface area (Å²) in [5.41, 5.74) is 0.720. The molecule has 0 bridgehead atoms. The molecule has 2 amide bonds. The van der Waals surface area contributed by atoms with Crippen LogP contribution in [0.1, 0.15) is 38.8 Å². The van der Waals surface area contributed by atoms with Crippen molar-refractivity contribution in [1.29, 1.82) is 0 Å². The second-order valence-corrected chi connectivity index (χ2v) is 8.05. The van der Waals surface area contributed by atoms with E-state index in [1.165, 1.54) is 11.0 Å². The predicted molar refractivity (Wildman–Crippen MR) is 111 cm³/mol. The molecule has 2 aromatic rings. The van der Waals surface area contributed by atoms with Crippen LogP contribution in [0.25, 0.3) is 0 Å². The third-order valence-corrected chi connectivity index (χ3v) is 4.48. The summed E-state index contributed by atoms with van der Waals surface area (Å²) < 4.78 is 19.3. The van der Waals surface area contributed by atoms with Crippen molar-refractivity contribution in [3.05, 3.63) is 65.5 Å². The lowest BCUT2D eigenvalue weighted by molar-refractivity contribution is -0.140. The molecule has 0 aliphatic rings. The Morgan fingerprint density at radius 2 is 1.72 bits per heavy atom. The zero-order valence-electron chi connectivity index (χ0n) is 17.7. The van der Waals surface area contributed by atoms with Gasteiger partial charge in [0.05, 0.1) is 13.5 Å². The van der Waals surface area contributed by atoms with Crippen LogP contribution in [0, 0.1) is 5.82 Å². The number of halogens is 1. The molecule has 1 atom stereocenters. The van der Waals surface area contributed by atoms with Gasteiger partial charge in [-0.15, -0.1) is 0 Å². The molecule has 0 spiro atoms. The van der Waals surface area contributed by atoms with E-state index in [4.69, 9.17) is 4.74 Å². The van der Waals surface area contributed by atoms with Gasteiger partial charge < -0.3 is 15.0 Å². The monoisotopic (exact) mass is 400 g/mol. The molecule has 1 unspecified atom stereocenters. The van der Waals surface area contributed by atoms with Gasteiger partial charge in [-0.2, -0.15) is 0 Å². The van der Waals surface area contributed by atoms with Crippen LogP contribution in [-0.2, 0) is 22.6 Å². The van der Waals surface area contributed by atoms with Crippen molar-refractivity contribution in [2.45, 2.75) is 52.2 Å². The lowest BCUT2D eigenvalue weighted by Gasteiger charge is -2.31. The van der Waals surface area contributed by atoms with Crippen molar-refractivity contribution in [1.82, 2.24) is 10.2 Å². The summed E-state index contributed by atoms with van der Waals surface area (Å²) in [7, 11) is 1.58. The number of nitrogens with one attached hydrogen (secondary N) is 1. The molecule has 0 heterocycles. The minimum Gasteiger partial charge on any atom is -0.497 e. The average molecular weight is 400 g/mol. The number of hydrogen-bond donors (Lipinski definition) is 1. The predicted octanol–water partition coefficient (Wildman–Crippen LogP) is 3.71. The zero-order chi connectivity index (χ0) is 21.6. The first-order valence-electron chi connectivity index (χ1n) is 9.58. The third kappa shape index (κ3) is 6.59. The van der Waals surface area contributed by atoms with E-state index in [1.54, 1.807) is 56.5 Å². The van der Waals surface area contributed by atoms with Gasteiger partial charge in [0.15, 0.2) is 0 Å². The largest absolute Gasteiger partial charge is 0.497 e. The fourth-order valence-electron chi connectivity index (χ4n) is 2.89. The van der Waals surface area contributed by atoms with E-state index in [9.17, 15) is 14.0 Å². The summed E-state index contributed by atoms with van der Waals surface area (Å²) in [4.78, 5) is 27.2. The molecule has 0 aliphatic carbocycles. The molecular weight excluding hydrogens is 371 g/mol. The maximum atomic E-state index is 14.2. The Hall–Kier alpha value is -2.89. The van der Waals surface area contributed by atoms with Crippen LogP contribution in [0.4, 0.5) is 4.39 Å². The first kappa shape index (κ1) is 22.4. The molecule has 0 radical (unpaired) electrons. The van der Waals surface area contributed by atoms with Gasteiger partial charge >= 0.3 is 0 Å². The number of methoxy groups -OCH3 is 1. The highest BCUT2D eigenvalue weighted by Crippen LogP contribution is 2.17. The quantitative estimate of drug-likeness (QED) is 0.771. The van der Waals surface area contributed by atoms with Crippen molar-refractivity contribution < 1.29 is 18.7 Å². The molecule has 0 fully saturated rings. The van der Waals surface area contributed by atoms with Crippen molar-refractivity contribution >= 4 is 11.8 Å². The Morgan fingerprint density at radius 1 is 1.10 bits per heavy atom. The Kier molecular flexibility index (Phi) is 7.37. The van der Waals surface area contributed by atoms with Gasteiger partial charge in [0, 0.05) is 17.6 Å². The fourth-order valence-corrected chi connectivity index (χ4v) is 2.89. The number of hydrogen-bond acceptors (Lipinski definition) is 3. The number of rotatable bonds is 7. The number of amides is 2. The Balaban J connectivity index is 2.25. The van der Waals surface area contributed by atoms with Crippen LogP contribution in [0.3, 0.4) is 0 Å². The molecule has 0 aliphatic heterocycles. The molecule has 5 nitrogen and oxygen atoms in total. The maximum absolute atomic E-state index is 14.2. The molecule has 1 N–H and O–H groups in total. The summed E-state index contributed by atoms with van der Waals surface area (Å²) in [5, 5.41) is 2.89. The van der Waals surface area contributed by atoms with E-state index in [0.717, 1.165) is 5.56 Å². The Labute approximate surface area is 171 Å². The molecule has 29 heavy (non-hydrogen) atoms. The maximum Gasteiger partial charge on any atom is 0.242 e. The first-order valence-corrected chi connectivity index (χ1v) is 9.58. The highest BCUT2D eigenvalue weighted by atomic mass is 19.1. The third-order valence-electron chi connectivity index (χ3n) is 4.48. The number of carbonyl (C=O) groups is 2. The van der Waals surface area contributed by atoms with Gasteiger partial charge in [0.2, 0.25) is 11.8 Å². The van der Waals surface area contributed by atoms with Crippen molar-refractivity contribution in [2.75, 3.05) is 7.11 Å². The normalized spacial score (nSPS) is 12.2. The summed E-state index contributed by atoms with van der Waals surface area (Å²) >= 11 is 0. The van der Waals surface area contributed by atoms with E-state index in [1.807, 2.05) is 20.8 Å². The number of ether oxygens (including phenoxy) is 1. The Bertz CT molecular complexity index is 844. The Morgan fingerprint density at radius 3 is 2.28 bits per heavy atom. The van der Waals surface area contributed by atoms with Crippen molar-refractivity contribution in [2.24, 2.45) is 0 Å².